The summed E-state index contributed by atoms with van der Waals surface area (Å²) in [6.45, 7) is 0.0183. The van der Waals surface area contributed by atoms with Crippen LogP contribution >= 0.6 is 11.6 Å². The lowest BCUT2D eigenvalue weighted by Crippen LogP contribution is -2.36. The van der Waals surface area contributed by atoms with Crippen LogP contribution in [-0.2, 0) is 6.61 Å². The summed E-state index contributed by atoms with van der Waals surface area (Å²) >= 11 is 6.30. The van der Waals surface area contributed by atoms with E-state index in [4.69, 9.17) is 27.1 Å². The molecule has 1 atom stereocenters. The van der Waals surface area contributed by atoms with Crippen LogP contribution in [0.5, 0.6) is 5.75 Å². The van der Waals surface area contributed by atoms with Crippen LogP contribution < -0.4 is 15.8 Å². The van der Waals surface area contributed by atoms with E-state index in [0.29, 0.717) is 27.6 Å². The molecule has 1 amide bonds. The van der Waals surface area contributed by atoms with Gasteiger partial charge in [-0.25, -0.2) is 4.98 Å². The number of carbonyl (C=O) groups excluding carboxylic acids is 1. The van der Waals surface area contributed by atoms with E-state index in [0.717, 1.165) is 22.3 Å². The van der Waals surface area contributed by atoms with Gasteiger partial charge in [-0.15, -0.1) is 0 Å². The highest BCUT2D eigenvalue weighted by Crippen LogP contribution is 2.34. The fraction of sp³-hybridized carbons (Fsp3) is 0.200. The molecule has 0 aliphatic rings. The Balaban J connectivity index is 1.60. The van der Waals surface area contributed by atoms with Crippen molar-refractivity contribution in [1.82, 2.24) is 14.7 Å². The number of hydrogen-bond acceptors (Lipinski definition) is 6. The number of nitrogens with one attached hydrogen (secondary N) is 1. The lowest BCUT2D eigenvalue weighted by Gasteiger charge is -2.10. The molecule has 2 heterocycles. The van der Waals surface area contributed by atoms with Gasteiger partial charge in [-0.2, -0.15) is 0 Å². The van der Waals surface area contributed by atoms with Gasteiger partial charge in [0, 0.05) is 36.6 Å². The Morgan fingerprint density at radius 2 is 1.97 bits per heavy atom. The van der Waals surface area contributed by atoms with Crippen LogP contribution in [0.25, 0.3) is 28.0 Å². The van der Waals surface area contributed by atoms with Crippen LogP contribution in [0, 0.1) is 0 Å². The molecule has 2 aromatic heterocycles. The van der Waals surface area contributed by atoms with Gasteiger partial charge < -0.3 is 30.4 Å². The molecule has 0 spiro atoms. The number of ether oxygens (including phenoxy) is 1. The van der Waals surface area contributed by atoms with E-state index in [-0.39, 0.29) is 25.6 Å². The van der Waals surface area contributed by atoms with Gasteiger partial charge in [0.1, 0.15) is 11.4 Å². The number of aliphatic hydroxyl groups is 2. The van der Waals surface area contributed by atoms with Crippen LogP contribution in [0.1, 0.15) is 15.9 Å². The highest BCUT2D eigenvalue weighted by molar-refractivity contribution is 6.32. The maximum absolute atomic E-state index is 12.2. The third kappa shape index (κ3) is 4.90. The van der Waals surface area contributed by atoms with Crippen molar-refractivity contribution in [1.29, 1.82) is 0 Å². The summed E-state index contributed by atoms with van der Waals surface area (Å²) in [4.78, 5) is 17.0. The molecule has 0 saturated carbocycles. The molecule has 2 aromatic carbocycles. The Bertz CT molecular complexity index is 1320. The number of benzene rings is 2. The first-order chi connectivity index (χ1) is 16.4. The Labute approximate surface area is 201 Å². The van der Waals surface area contributed by atoms with Crippen molar-refractivity contribution < 1.29 is 19.7 Å². The number of aliphatic hydroxyl groups excluding tert-OH is 2. The summed E-state index contributed by atoms with van der Waals surface area (Å²) in [5, 5.41) is 22.4. The first-order valence-electron chi connectivity index (χ1n) is 10.7. The quantitative estimate of drug-likeness (QED) is 0.307. The van der Waals surface area contributed by atoms with Crippen molar-refractivity contribution in [3.8, 4) is 28.1 Å². The van der Waals surface area contributed by atoms with Crippen molar-refractivity contribution in [3.05, 3.63) is 77.1 Å². The van der Waals surface area contributed by atoms with Gasteiger partial charge in [0.05, 0.1) is 30.5 Å². The summed E-state index contributed by atoms with van der Waals surface area (Å²) in [5.41, 5.74) is 10.5. The zero-order valence-corrected chi connectivity index (χ0v) is 19.3. The first-order valence-corrected chi connectivity index (χ1v) is 11.0. The minimum absolute atomic E-state index is 0.0873. The average molecular weight is 481 g/mol. The van der Waals surface area contributed by atoms with E-state index in [9.17, 15) is 15.0 Å². The van der Waals surface area contributed by atoms with Crippen molar-refractivity contribution in [3.63, 3.8) is 0 Å². The van der Waals surface area contributed by atoms with Crippen LogP contribution in [0.4, 0.5) is 0 Å². The van der Waals surface area contributed by atoms with Crippen LogP contribution in [0.15, 0.2) is 60.9 Å². The zero-order valence-electron chi connectivity index (χ0n) is 18.5. The topological polar surface area (TPSA) is 122 Å². The third-order valence-electron chi connectivity index (χ3n) is 5.53. The maximum Gasteiger partial charge on any atom is 0.251 e. The Morgan fingerprint density at radius 1 is 1.21 bits per heavy atom. The smallest absolute Gasteiger partial charge is 0.251 e. The zero-order chi connectivity index (χ0) is 24.2. The first kappa shape index (κ1) is 23.7. The summed E-state index contributed by atoms with van der Waals surface area (Å²) in [6.07, 6.45) is 3.01. The van der Waals surface area contributed by atoms with Gasteiger partial charge in [0.15, 0.2) is 0 Å². The molecule has 4 aromatic rings. The number of nitrogens with zero attached hydrogens (tertiary/aromatic N) is 2. The van der Waals surface area contributed by atoms with Crippen LogP contribution in [0.2, 0.25) is 5.02 Å². The molecule has 1 unspecified atom stereocenters. The highest BCUT2D eigenvalue weighted by atomic mass is 35.5. The Kier molecular flexibility index (Phi) is 7.14. The SMILES string of the molecule is COc1cc(CO)c(-c2cn3ccc(-c4ccc(C(=O)NCC(O)CN)cc4)cc3n2)cc1Cl. The lowest BCUT2D eigenvalue weighted by atomic mass is 10.0. The molecule has 0 aliphatic heterocycles. The molecule has 9 heteroatoms. The molecule has 0 fully saturated rings. The number of aromatic nitrogens is 2. The third-order valence-corrected chi connectivity index (χ3v) is 5.83. The van der Waals surface area contributed by atoms with E-state index >= 15 is 0 Å². The average Bonchev–Trinajstić information content (AvgIpc) is 3.30. The van der Waals surface area contributed by atoms with E-state index in [1.807, 2.05) is 41.1 Å². The molecule has 5 N–H and O–H groups in total. The van der Waals surface area contributed by atoms with E-state index in [2.05, 4.69) is 5.32 Å². The number of halogens is 1. The second-order valence-electron chi connectivity index (χ2n) is 7.79. The van der Waals surface area contributed by atoms with Gasteiger partial charge in [-0.1, -0.05) is 23.7 Å². The molecule has 4 rings (SSSR count). The number of amides is 1. The van der Waals surface area contributed by atoms with E-state index in [1.165, 1.54) is 7.11 Å². The molecule has 0 aliphatic carbocycles. The maximum atomic E-state index is 12.2. The number of methoxy groups -OCH3 is 1. The number of rotatable bonds is 8. The number of carbonyl (C=O) groups is 1. The fourth-order valence-electron chi connectivity index (χ4n) is 3.62. The van der Waals surface area contributed by atoms with Crippen molar-refractivity contribution in [2.24, 2.45) is 5.73 Å². The highest BCUT2D eigenvalue weighted by Gasteiger charge is 2.14. The predicted molar refractivity (Wildman–Crippen MR) is 131 cm³/mol. The lowest BCUT2D eigenvalue weighted by molar-refractivity contribution is 0.0920. The molecular weight excluding hydrogens is 456 g/mol. The molecule has 0 bridgehead atoms. The second-order valence-corrected chi connectivity index (χ2v) is 8.19. The Morgan fingerprint density at radius 3 is 2.65 bits per heavy atom. The monoisotopic (exact) mass is 480 g/mol. The molecule has 176 valence electrons. The standard InChI is InChI=1S/C25H25ClN4O4/c1-34-23-8-18(14-31)20(10-21(23)26)22-13-30-7-6-17(9-24(30)29-22)15-2-4-16(5-3-15)25(33)28-12-19(32)11-27/h2-10,13,19,31-32H,11-12,14,27H2,1H3,(H,28,33). The summed E-state index contributed by atoms with van der Waals surface area (Å²) in [7, 11) is 1.53. The number of imidazole rings is 1. The fourth-order valence-corrected chi connectivity index (χ4v) is 3.86. The van der Waals surface area contributed by atoms with E-state index < -0.39 is 6.10 Å². The summed E-state index contributed by atoms with van der Waals surface area (Å²) < 4.78 is 7.14. The number of fused-ring (bicyclic) bond motifs is 1. The Hall–Kier alpha value is -3.43. The van der Waals surface area contributed by atoms with Gasteiger partial charge in [0.2, 0.25) is 0 Å². The van der Waals surface area contributed by atoms with E-state index in [1.54, 1.807) is 24.3 Å². The van der Waals surface area contributed by atoms with Gasteiger partial charge in [-0.3, -0.25) is 4.79 Å². The van der Waals surface area contributed by atoms with Gasteiger partial charge >= 0.3 is 0 Å². The molecular formula is C25H25ClN4O4. The minimum atomic E-state index is -0.767. The number of nitrogens with two attached hydrogens (primary N) is 1. The largest absolute Gasteiger partial charge is 0.495 e. The van der Waals surface area contributed by atoms with Crippen LogP contribution in [0.3, 0.4) is 0 Å². The van der Waals surface area contributed by atoms with Gasteiger partial charge in [0.25, 0.3) is 5.91 Å². The number of hydrogen-bond donors (Lipinski definition) is 4. The predicted octanol–water partition coefficient (Wildman–Crippen LogP) is 2.87. The summed E-state index contributed by atoms with van der Waals surface area (Å²) in [6, 6.07) is 14.5. The molecule has 0 saturated heterocycles. The number of pyridine rings is 1. The van der Waals surface area contributed by atoms with Crippen molar-refractivity contribution >= 4 is 23.2 Å². The second kappa shape index (κ2) is 10.2. The van der Waals surface area contributed by atoms with Crippen LogP contribution in [-0.4, -0.2) is 51.8 Å². The van der Waals surface area contributed by atoms with Gasteiger partial charge in [-0.05, 0) is 53.1 Å². The normalized spacial score (nSPS) is 12.0. The van der Waals surface area contributed by atoms with Crippen molar-refractivity contribution in [2.45, 2.75) is 12.7 Å². The van der Waals surface area contributed by atoms with Crippen molar-refractivity contribution in [2.75, 3.05) is 20.2 Å². The molecule has 8 nitrogen and oxygen atoms in total. The molecule has 34 heavy (non-hydrogen) atoms. The minimum Gasteiger partial charge on any atom is -0.495 e. The molecule has 0 radical (unpaired) electrons. The summed E-state index contributed by atoms with van der Waals surface area (Å²) in [5.74, 6) is 0.221.